The van der Waals surface area contributed by atoms with Gasteiger partial charge in [0.2, 0.25) is 0 Å². The Morgan fingerprint density at radius 3 is 2.38 bits per heavy atom. The molecule has 0 aromatic heterocycles. The first-order valence-corrected chi connectivity index (χ1v) is 5.14. The van der Waals surface area contributed by atoms with E-state index in [0.717, 1.165) is 16.7 Å². The number of hydrogen-bond acceptors (Lipinski definition) is 1. The fourth-order valence-corrected chi connectivity index (χ4v) is 1.82. The minimum Gasteiger partial charge on any atom is -0.505 e. The molecule has 2 heteroatoms. The van der Waals surface area contributed by atoms with Crippen molar-refractivity contribution >= 4 is 0 Å². The average Bonchev–Trinajstić information content (AvgIpc) is 2.22. The molecule has 1 nitrogen and oxygen atoms in total. The Labute approximate surface area is 94.2 Å². The molecule has 0 amide bonds. The van der Waals surface area contributed by atoms with Crippen LogP contribution in [-0.2, 0) is 0 Å². The molecule has 0 bridgehead atoms. The largest absolute Gasteiger partial charge is 0.505 e. The summed E-state index contributed by atoms with van der Waals surface area (Å²) in [6.07, 6.45) is 0. The summed E-state index contributed by atoms with van der Waals surface area (Å²) < 4.78 is 12.9. The van der Waals surface area contributed by atoms with Gasteiger partial charge in [-0.3, -0.25) is 0 Å². The summed E-state index contributed by atoms with van der Waals surface area (Å²) >= 11 is 0. The van der Waals surface area contributed by atoms with Gasteiger partial charge in [-0.05, 0) is 42.7 Å². The number of benzene rings is 2. The molecule has 82 valence electrons. The van der Waals surface area contributed by atoms with E-state index in [9.17, 15) is 9.50 Å². The minimum absolute atomic E-state index is 0.308. The number of rotatable bonds is 1. The molecule has 0 saturated heterocycles. The van der Waals surface area contributed by atoms with E-state index in [1.54, 1.807) is 6.07 Å². The van der Waals surface area contributed by atoms with Crippen molar-refractivity contribution < 1.29 is 9.50 Å². The van der Waals surface area contributed by atoms with Gasteiger partial charge in [0.25, 0.3) is 0 Å². The van der Waals surface area contributed by atoms with Crippen molar-refractivity contribution in [2.75, 3.05) is 0 Å². The van der Waals surface area contributed by atoms with Crippen LogP contribution in [0.5, 0.6) is 5.75 Å². The van der Waals surface area contributed by atoms with Crippen LogP contribution < -0.4 is 0 Å². The van der Waals surface area contributed by atoms with Crippen molar-refractivity contribution in [1.29, 1.82) is 0 Å². The molecule has 2 rings (SSSR count). The van der Waals surface area contributed by atoms with Crippen LogP contribution in [0.3, 0.4) is 0 Å². The fraction of sp³-hybridized carbons (Fsp3) is 0.143. The van der Waals surface area contributed by atoms with Crippen LogP contribution in [0, 0.1) is 19.7 Å². The molecule has 2 aromatic carbocycles. The van der Waals surface area contributed by atoms with Crippen molar-refractivity contribution in [3.63, 3.8) is 0 Å². The van der Waals surface area contributed by atoms with Crippen LogP contribution in [0.15, 0.2) is 36.4 Å². The quantitative estimate of drug-likeness (QED) is 0.768. The first-order valence-electron chi connectivity index (χ1n) is 5.14. The second-order valence-electron chi connectivity index (χ2n) is 3.98. The lowest BCUT2D eigenvalue weighted by molar-refractivity contribution is 0.433. The number of aryl methyl sites for hydroxylation is 2. The first-order chi connectivity index (χ1) is 7.58. The van der Waals surface area contributed by atoms with Crippen molar-refractivity contribution in [2.24, 2.45) is 0 Å². The molecule has 0 aliphatic heterocycles. The highest BCUT2D eigenvalue weighted by Gasteiger charge is 2.05. The Hall–Kier alpha value is -1.83. The van der Waals surface area contributed by atoms with Crippen molar-refractivity contribution in [3.05, 3.63) is 53.3 Å². The van der Waals surface area contributed by atoms with E-state index in [4.69, 9.17) is 0 Å². The number of phenols is 1. The lowest BCUT2D eigenvalue weighted by Gasteiger charge is -2.07. The smallest absolute Gasteiger partial charge is 0.164 e. The number of aromatic hydroxyl groups is 1. The van der Waals surface area contributed by atoms with Crippen molar-refractivity contribution in [1.82, 2.24) is 0 Å². The Kier molecular flexibility index (Phi) is 2.65. The predicted octanol–water partition coefficient (Wildman–Crippen LogP) is 3.82. The third-order valence-electron chi connectivity index (χ3n) is 2.64. The number of phenolic OH excluding ortho intramolecular Hbond substituents is 1. The number of halogens is 1. The fourth-order valence-electron chi connectivity index (χ4n) is 1.82. The molecule has 0 atom stereocenters. The Morgan fingerprint density at radius 1 is 1.00 bits per heavy atom. The molecule has 0 heterocycles. The summed E-state index contributed by atoms with van der Waals surface area (Å²) in [6.45, 7) is 4.03. The maximum Gasteiger partial charge on any atom is 0.164 e. The lowest BCUT2D eigenvalue weighted by atomic mass is 9.98. The van der Waals surface area contributed by atoms with Crippen LogP contribution in [0.4, 0.5) is 4.39 Å². The molecule has 0 fully saturated rings. The van der Waals surface area contributed by atoms with Gasteiger partial charge in [0.05, 0.1) is 0 Å². The second-order valence-corrected chi connectivity index (χ2v) is 3.98. The molecule has 0 aliphatic carbocycles. The summed E-state index contributed by atoms with van der Waals surface area (Å²) in [5, 5.41) is 9.33. The van der Waals surface area contributed by atoms with Crippen molar-refractivity contribution in [3.8, 4) is 16.9 Å². The summed E-state index contributed by atoms with van der Waals surface area (Å²) in [4.78, 5) is 0. The van der Waals surface area contributed by atoms with Gasteiger partial charge in [-0.2, -0.15) is 0 Å². The minimum atomic E-state index is -0.589. The van der Waals surface area contributed by atoms with Crippen LogP contribution in [0.1, 0.15) is 11.1 Å². The van der Waals surface area contributed by atoms with E-state index in [0.29, 0.717) is 0 Å². The highest BCUT2D eigenvalue weighted by molar-refractivity contribution is 5.68. The molecule has 16 heavy (non-hydrogen) atoms. The number of hydrogen-bond donors (Lipinski definition) is 1. The predicted molar refractivity (Wildman–Crippen MR) is 63.0 cm³/mol. The van der Waals surface area contributed by atoms with E-state index >= 15 is 0 Å². The SMILES string of the molecule is Cc1ccc(-c2ccc(F)c(O)c2)c(C)c1. The second kappa shape index (κ2) is 3.97. The standard InChI is InChI=1S/C14H13FO/c1-9-3-5-12(10(2)7-9)11-4-6-13(15)14(16)8-11/h3-8,16H,1-2H3. The summed E-state index contributed by atoms with van der Waals surface area (Å²) in [5.74, 6) is -0.897. The Balaban J connectivity index is 2.54. The zero-order valence-corrected chi connectivity index (χ0v) is 9.29. The molecule has 0 saturated carbocycles. The Morgan fingerprint density at radius 2 is 1.75 bits per heavy atom. The molecule has 1 N–H and O–H groups in total. The zero-order valence-electron chi connectivity index (χ0n) is 9.29. The van der Waals surface area contributed by atoms with Gasteiger partial charge < -0.3 is 5.11 Å². The normalized spacial score (nSPS) is 10.4. The lowest BCUT2D eigenvalue weighted by Crippen LogP contribution is -1.85. The highest BCUT2D eigenvalue weighted by Crippen LogP contribution is 2.28. The highest BCUT2D eigenvalue weighted by atomic mass is 19.1. The van der Waals surface area contributed by atoms with Crippen molar-refractivity contribution in [2.45, 2.75) is 13.8 Å². The third kappa shape index (κ3) is 1.91. The molecular weight excluding hydrogens is 203 g/mol. The monoisotopic (exact) mass is 216 g/mol. The maximum atomic E-state index is 12.9. The van der Waals surface area contributed by atoms with Gasteiger partial charge in [0.1, 0.15) is 0 Å². The van der Waals surface area contributed by atoms with Crippen LogP contribution in [0.2, 0.25) is 0 Å². The van der Waals surface area contributed by atoms with E-state index < -0.39 is 5.82 Å². The zero-order chi connectivity index (χ0) is 11.7. The molecule has 0 radical (unpaired) electrons. The third-order valence-corrected chi connectivity index (χ3v) is 2.64. The topological polar surface area (TPSA) is 20.2 Å². The Bertz CT molecular complexity index is 532. The first kappa shape index (κ1) is 10.7. The van der Waals surface area contributed by atoms with E-state index in [2.05, 4.69) is 6.07 Å². The van der Waals surface area contributed by atoms with E-state index in [1.165, 1.54) is 17.7 Å². The van der Waals surface area contributed by atoms with E-state index in [1.807, 2.05) is 26.0 Å². The van der Waals surface area contributed by atoms with Gasteiger partial charge in [-0.1, -0.05) is 29.8 Å². The van der Waals surface area contributed by atoms with Crippen LogP contribution in [-0.4, -0.2) is 5.11 Å². The summed E-state index contributed by atoms with van der Waals surface area (Å²) in [6, 6.07) is 10.5. The van der Waals surface area contributed by atoms with Gasteiger partial charge in [-0.25, -0.2) is 4.39 Å². The maximum absolute atomic E-state index is 12.9. The van der Waals surface area contributed by atoms with Crippen LogP contribution >= 0.6 is 0 Å². The van der Waals surface area contributed by atoms with Gasteiger partial charge in [-0.15, -0.1) is 0 Å². The van der Waals surface area contributed by atoms with E-state index in [-0.39, 0.29) is 5.75 Å². The van der Waals surface area contributed by atoms with Gasteiger partial charge in [0, 0.05) is 0 Å². The molecule has 0 unspecified atom stereocenters. The molecule has 2 aromatic rings. The van der Waals surface area contributed by atoms with Gasteiger partial charge >= 0.3 is 0 Å². The van der Waals surface area contributed by atoms with Crippen LogP contribution in [0.25, 0.3) is 11.1 Å². The summed E-state index contributed by atoms with van der Waals surface area (Å²) in [5.41, 5.74) is 4.15. The van der Waals surface area contributed by atoms with Gasteiger partial charge in [0.15, 0.2) is 11.6 Å². The molecule has 0 spiro atoms. The molecular formula is C14H13FO. The summed E-state index contributed by atoms with van der Waals surface area (Å²) in [7, 11) is 0. The average molecular weight is 216 g/mol. The molecule has 0 aliphatic rings.